The van der Waals surface area contributed by atoms with Crippen LogP contribution in [0.4, 0.5) is 5.69 Å². The number of halogens is 2. The number of ether oxygens (including phenoxy) is 1. The summed E-state index contributed by atoms with van der Waals surface area (Å²) in [6, 6.07) is 12.6. The van der Waals surface area contributed by atoms with E-state index < -0.39 is 0 Å². The van der Waals surface area contributed by atoms with Crippen LogP contribution in [-0.2, 0) is 4.79 Å². The second-order valence-corrected chi connectivity index (χ2v) is 6.28. The average Bonchev–Trinajstić information content (AvgIpc) is 2.87. The van der Waals surface area contributed by atoms with Crippen molar-refractivity contribution in [1.82, 2.24) is 0 Å². The SMILES string of the molecule is CCOc1c(Cl)cc(Cl)cc1/C=C1/C(=O)N(c2ccccc2)N=C1C. The quantitative estimate of drug-likeness (QED) is 0.690. The highest BCUT2D eigenvalue weighted by atomic mass is 35.5. The van der Waals surface area contributed by atoms with Gasteiger partial charge in [0.15, 0.2) is 0 Å². The van der Waals surface area contributed by atoms with Crippen molar-refractivity contribution in [3.05, 3.63) is 63.6 Å². The number of hydrogen-bond donors (Lipinski definition) is 0. The Morgan fingerprint density at radius 1 is 1.20 bits per heavy atom. The van der Waals surface area contributed by atoms with E-state index in [2.05, 4.69) is 5.10 Å². The smallest absolute Gasteiger partial charge is 0.280 e. The normalized spacial score (nSPS) is 15.7. The highest BCUT2D eigenvalue weighted by molar-refractivity contribution is 6.36. The van der Waals surface area contributed by atoms with Crippen LogP contribution >= 0.6 is 23.2 Å². The molecule has 2 aromatic carbocycles. The fourth-order valence-corrected chi connectivity index (χ4v) is 3.13. The number of amides is 1. The molecule has 25 heavy (non-hydrogen) atoms. The van der Waals surface area contributed by atoms with Gasteiger partial charge in [-0.15, -0.1) is 0 Å². The van der Waals surface area contributed by atoms with Gasteiger partial charge in [-0.1, -0.05) is 41.4 Å². The lowest BCUT2D eigenvalue weighted by Crippen LogP contribution is -2.21. The van der Waals surface area contributed by atoms with Crippen LogP contribution in [0.15, 0.2) is 53.1 Å². The Bertz CT molecular complexity index is 876. The minimum absolute atomic E-state index is 0.206. The number of rotatable bonds is 4. The Labute approximate surface area is 156 Å². The molecule has 3 rings (SSSR count). The maximum atomic E-state index is 12.8. The maximum absolute atomic E-state index is 12.8. The zero-order chi connectivity index (χ0) is 18.0. The minimum atomic E-state index is -0.206. The van der Waals surface area contributed by atoms with Crippen LogP contribution in [0.25, 0.3) is 6.08 Å². The molecule has 0 atom stereocenters. The number of para-hydroxylation sites is 1. The van der Waals surface area contributed by atoms with Crippen molar-refractivity contribution < 1.29 is 9.53 Å². The summed E-state index contributed by atoms with van der Waals surface area (Å²) in [5.41, 5.74) is 2.45. The number of carbonyl (C=O) groups is 1. The monoisotopic (exact) mass is 374 g/mol. The fourth-order valence-electron chi connectivity index (χ4n) is 2.57. The lowest BCUT2D eigenvalue weighted by molar-refractivity contribution is -0.114. The lowest BCUT2D eigenvalue weighted by Gasteiger charge is -2.12. The molecule has 0 bridgehead atoms. The van der Waals surface area contributed by atoms with Gasteiger partial charge in [0, 0.05) is 10.6 Å². The van der Waals surface area contributed by atoms with E-state index >= 15 is 0 Å². The Morgan fingerprint density at radius 3 is 2.60 bits per heavy atom. The lowest BCUT2D eigenvalue weighted by atomic mass is 10.1. The molecule has 0 saturated heterocycles. The molecule has 0 radical (unpaired) electrons. The van der Waals surface area contributed by atoms with E-state index in [0.717, 1.165) is 0 Å². The van der Waals surface area contributed by atoms with Crippen LogP contribution in [0.1, 0.15) is 19.4 Å². The molecule has 0 saturated carbocycles. The van der Waals surface area contributed by atoms with Crippen molar-refractivity contribution in [2.75, 3.05) is 11.6 Å². The third-order valence-corrected chi connectivity index (χ3v) is 4.19. The first-order chi connectivity index (χ1) is 12.0. The predicted octanol–water partition coefficient (Wildman–Crippen LogP) is 5.20. The fraction of sp³-hybridized carbons (Fsp3) is 0.158. The van der Waals surface area contributed by atoms with Crippen molar-refractivity contribution in [1.29, 1.82) is 0 Å². The third kappa shape index (κ3) is 3.55. The molecule has 4 nitrogen and oxygen atoms in total. The van der Waals surface area contributed by atoms with Crippen molar-refractivity contribution in [2.45, 2.75) is 13.8 Å². The standard InChI is InChI=1S/C19H16Cl2N2O2/c1-3-25-18-13(9-14(20)11-17(18)21)10-16-12(2)22-23(19(16)24)15-7-5-4-6-8-15/h4-11H,3H2,1-2H3/b16-10+. The van der Waals surface area contributed by atoms with Crippen LogP contribution in [0.3, 0.4) is 0 Å². The molecule has 128 valence electrons. The highest BCUT2D eigenvalue weighted by Gasteiger charge is 2.29. The first-order valence-electron chi connectivity index (χ1n) is 7.80. The van der Waals surface area contributed by atoms with Crippen molar-refractivity contribution >= 4 is 46.6 Å². The van der Waals surface area contributed by atoms with Gasteiger partial charge in [0.2, 0.25) is 0 Å². The second-order valence-electron chi connectivity index (χ2n) is 5.43. The molecule has 6 heteroatoms. The van der Waals surface area contributed by atoms with Gasteiger partial charge >= 0.3 is 0 Å². The largest absolute Gasteiger partial charge is 0.492 e. The molecule has 0 N–H and O–H groups in total. The van der Waals surface area contributed by atoms with E-state index in [1.807, 2.05) is 37.3 Å². The predicted molar refractivity (Wildman–Crippen MR) is 103 cm³/mol. The van der Waals surface area contributed by atoms with E-state index in [1.54, 1.807) is 25.1 Å². The molecule has 1 amide bonds. The Balaban J connectivity index is 2.03. The van der Waals surface area contributed by atoms with Crippen LogP contribution in [-0.4, -0.2) is 18.2 Å². The summed E-state index contributed by atoms with van der Waals surface area (Å²) in [6.45, 7) is 4.11. The number of benzene rings is 2. The molecule has 0 unspecified atom stereocenters. The number of carbonyl (C=O) groups excluding carboxylic acids is 1. The van der Waals surface area contributed by atoms with Crippen molar-refractivity contribution in [3.63, 3.8) is 0 Å². The van der Waals surface area contributed by atoms with Gasteiger partial charge in [-0.25, -0.2) is 0 Å². The maximum Gasteiger partial charge on any atom is 0.280 e. The summed E-state index contributed by atoms with van der Waals surface area (Å²) < 4.78 is 5.62. The third-order valence-electron chi connectivity index (χ3n) is 3.69. The highest BCUT2D eigenvalue weighted by Crippen LogP contribution is 2.35. The molecule has 2 aromatic rings. The molecular formula is C19H16Cl2N2O2. The van der Waals surface area contributed by atoms with E-state index in [0.29, 0.717) is 44.9 Å². The van der Waals surface area contributed by atoms with Crippen molar-refractivity contribution in [2.24, 2.45) is 5.10 Å². The molecule has 0 fully saturated rings. The zero-order valence-electron chi connectivity index (χ0n) is 13.8. The average molecular weight is 375 g/mol. The van der Waals surface area contributed by atoms with Gasteiger partial charge < -0.3 is 4.74 Å². The summed E-state index contributed by atoms with van der Waals surface area (Å²) in [5, 5.41) is 6.62. The molecule has 1 heterocycles. The van der Waals surface area contributed by atoms with E-state index in [9.17, 15) is 4.79 Å². The van der Waals surface area contributed by atoms with E-state index in [4.69, 9.17) is 27.9 Å². The Kier molecular flexibility index (Phi) is 5.11. The van der Waals surface area contributed by atoms with Crippen molar-refractivity contribution in [3.8, 4) is 5.75 Å². The molecule has 0 aromatic heterocycles. The molecule has 0 aliphatic carbocycles. The van der Waals surface area contributed by atoms with Crippen LogP contribution in [0, 0.1) is 0 Å². The summed E-state index contributed by atoms with van der Waals surface area (Å²) in [5.74, 6) is 0.294. The molecule has 0 spiro atoms. The van der Waals surface area contributed by atoms with Crippen LogP contribution in [0.5, 0.6) is 5.75 Å². The zero-order valence-corrected chi connectivity index (χ0v) is 15.3. The van der Waals surface area contributed by atoms with E-state index in [1.165, 1.54) is 5.01 Å². The Morgan fingerprint density at radius 2 is 1.92 bits per heavy atom. The van der Waals surface area contributed by atoms with Crippen LogP contribution < -0.4 is 9.75 Å². The molecule has 1 aliphatic heterocycles. The topological polar surface area (TPSA) is 41.9 Å². The van der Waals surface area contributed by atoms with Crippen LogP contribution in [0.2, 0.25) is 10.0 Å². The number of nitrogens with zero attached hydrogens (tertiary/aromatic N) is 2. The number of hydrazone groups is 1. The number of hydrogen-bond acceptors (Lipinski definition) is 3. The first-order valence-corrected chi connectivity index (χ1v) is 8.55. The summed E-state index contributed by atoms with van der Waals surface area (Å²) in [7, 11) is 0. The Hall–Kier alpha value is -2.30. The minimum Gasteiger partial charge on any atom is -0.492 e. The number of anilines is 1. The first kappa shape index (κ1) is 17.5. The molecular weight excluding hydrogens is 359 g/mol. The second kappa shape index (κ2) is 7.30. The van der Waals surface area contributed by atoms with Gasteiger partial charge in [0.05, 0.1) is 28.6 Å². The van der Waals surface area contributed by atoms with Gasteiger partial charge in [0.1, 0.15) is 5.75 Å². The summed E-state index contributed by atoms with van der Waals surface area (Å²) in [4.78, 5) is 12.8. The summed E-state index contributed by atoms with van der Waals surface area (Å²) >= 11 is 12.3. The molecule has 1 aliphatic rings. The van der Waals surface area contributed by atoms with Gasteiger partial charge in [-0.2, -0.15) is 10.1 Å². The van der Waals surface area contributed by atoms with Gasteiger partial charge in [0.25, 0.3) is 5.91 Å². The van der Waals surface area contributed by atoms with E-state index in [-0.39, 0.29) is 5.91 Å². The summed E-state index contributed by atoms with van der Waals surface area (Å²) in [6.07, 6.45) is 1.72. The van der Waals surface area contributed by atoms with Gasteiger partial charge in [-0.3, -0.25) is 4.79 Å². The van der Waals surface area contributed by atoms with Gasteiger partial charge in [-0.05, 0) is 44.2 Å².